The molecule has 2 amide bonds. The third-order valence-electron chi connectivity index (χ3n) is 3.91. The van der Waals surface area contributed by atoms with Gasteiger partial charge in [-0.05, 0) is 39.3 Å². The molecular weight excluding hydrogens is 414 g/mol. The van der Waals surface area contributed by atoms with Crippen molar-refractivity contribution in [1.82, 2.24) is 30.0 Å². The number of amides is 2. The third-order valence-corrected chi connectivity index (χ3v) is 3.91. The van der Waals surface area contributed by atoms with E-state index >= 15 is 0 Å². The fraction of sp³-hybridized carbons (Fsp3) is 0.333. The lowest BCUT2D eigenvalue weighted by Gasteiger charge is -2.21. The minimum atomic E-state index is -0.724. The van der Waals surface area contributed by atoms with Gasteiger partial charge >= 0.3 is 12.2 Å². The molecule has 0 fully saturated rings. The van der Waals surface area contributed by atoms with Crippen molar-refractivity contribution in [1.29, 1.82) is 0 Å². The molecule has 32 heavy (non-hydrogen) atoms. The topological polar surface area (TPSA) is 133 Å². The molecule has 3 aromatic rings. The molecule has 0 aliphatic rings. The number of carbonyl (C=O) groups excluding carboxylic acids is 2. The first-order valence-corrected chi connectivity index (χ1v) is 9.93. The van der Waals surface area contributed by atoms with E-state index in [9.17, 15) is 9.59 Å². The number of anilines is 1. The molecule has 0 aliphatic carbocycles. The van der Waals surface area contributed by atoms with Crippen molar-refractivity contribution in [3.8, 4) is 5.95 Å². The lowest BCUT2D eigenvalue weighted by Crippen LogP contribution is -2.34. The number of nitrogens with one attached hydrogen (secondary N) is 2. The first kappa shape index (κ1) is 22.7. The standard InChI is InChI=1S/C21H25N7O4/c1-14(24-20(30)32-21(2,3)4)16-25-18(28(27-16)17-22-11-8-12-23-17)26-19(29)31-13-15-9-6-5-7-10-15/h5-12,14H,13H2,1-4H3,(H,24,30)(H,25,26,27,29)/t14-/m0/s1. The van der Waals surface area contributed by atoms with Crippen LogP contribution in [-0.2, 0) is 16.1 Å². The van der Waals surface area contributed by atoms with Crippen molar-refractivity contribution < 1.29 is 19.1 Å². The molecule has 0 bridgehead atoms. The summed E-state index contributed by atoms with van der Waals surface area (Å²) < 4.78 is 11.8. The highest BCUT2D eigenvalue weighted by Crippen LogP contribution is 2.16. The Morgan fingerprint density at radius 3 is 2.41 bits per heavy atom. The van der Waals surface area contributed by atoms with Crippen LogP contribution in [0.3, 0.4) is 0 Å². The van der Waals surface area contributed by atoms with Gasteiger partial charge in [-0.25, -0.2) is 19.6 Å². The van der Waals surface area contributed by atoms with Gasteiger partial charge < -0.3 is 14.8 Å². The van der Waals surface area contributed by atoms with Crippen LogP contribution in [0.4, 0.5) is 15.5 Å². The monoisotopic (exact) mass is 439 g/mol. The summed E-state index contributed by atoms with van der Waals surface area (Å²) in [6.45, 7) is 7.07. The SMILES string of the molecule is C[C@H](NC(=O)OC(C)(C)C)c1nc(NC(=O)OCc2ccccc2)n(-c2ncccn2)n1. The summed E-state index contributed by atoms with van der Waals surface area (Å²) in [6, 6.07) is 10.3. The summed E-state index contributed by atoms with van der Waals surface area (Å²) in [4.78, 5) is 37.0. The number of benzene rings is 1. The molecule has 168 valence electrons. The second-order valence-corrected chi connectivity index (χ2v) is 7.81. The molecular formula is C21H25N7O4. The third kappa shape index (κ3) is 6.49. The van der Waals surface area contributed by atoms with Crippen molar-refractivity contribution in [2.24, 2.45) is 0 Å². The van der Waals surface area contributed by atoms with E-state index in [-0.39, 0.29) is 24.3 Å². The Balaban J connectivity index is 1.76. The molecule has 0 spiro atoms. The van der Waals surface area contributed by atoms with Gasteiger partial charge in [-0.3, -0.25) is 5.32 Å². The Kier molecular flexibility index (Phi) is 6.98. The summed E-state index contributed by atoms with van der Waals surface area (Å²) in [5.41, 5.74) is 0.190. The van der Waals surface area contributed by atoms with Gasteiger partial charge in [-0.2, -0.15) is 9.67 Å². The van der Waals surface area contributed by atoms with Crippen LogP contribution in [0.5, 0.6) is 0 Å². The summed E-state index contributed by atoms with van der Waals surface area (Å²) in [7, 11) is 0. The fourth-order valence-electron chi connectivity index (χ4n) is 2.53. The van der Waals surface area contributed by atoms with Gasteiger partial charge in [0, 0.05) is 12.4 Å². The predicted octanol–water partition coefficient (Wildman–Crippen LogP) is 3.39. The van der Waals surface area contributed by atoms with E-state index in [1.807, 2.05) is 30.3 Å². The van der Waals surface area contributed by atoms with Crippen LogP contribution in [-0.4, -0.2) is 42.5 Å². The largest absolute Gasteiger partial charge is 0.444 e. The van der Waals surface area contributed by atoms with Gasteiger partial charge in [-0.15, -0.1) is 5.10 Å². The van der Waals surface area contributed by atoms with Crippen molar-refractivity contribution in [2.75, 3.05) is 5.32 Å². The molecule has 0 aliphatic heterocycles. The van der Waals surface area contributed by atoms with E-state index in [2.05, 4.69) is 30.7 Å². The van der Waals surface area contributed by atoms with Gasteiger partial charge in [-0.1, -0.05) is 30.3 Å². The van der Waals surface area contributed by atoms with Crippen molar-refractivity contribution >= 4 is 18.1 Å². The summed E-state index contributed by atoms with van der Waals surface area (Å²) >= 11 is 0. The van der Waals surface area contributed by atoms with E-state index in [1.54, 1.807) is 33.8 Å². The maximum Gasteiger partial charge on any atom is 0.414 e. The first-order chi connectivity index (χ1) is 15.2. The molecule has 0 saturated heterocycles. The number of rotatable bonds is 6. The van der Waals surface area contributed by atoms with Crippen LogP contribution in [0.15, 0.2) is 48.8 Å². The molecule has 3 rings (SSSR count). The number of alkyl carbamates (subject to hydrolysis) is 1. The predicted molar refractivity (Wildman–Crippen MR) is 115 cm³/mol. The van der Waals surface area contributed by atoms with Crippen molar-refractivity contribution in [2.45, 2.75) is 45.9 Å². The molecule has 1 atom stereocenters. The number of ether oxygens (including phenoxy) is 2. The van der Waals surface area contributed by atoms with Gasteiger partial charge in [0.15, 0.2) is 5.82 Å². The smallest absolute Gasteiger partial charge is 0.414 e. The minimum absolute atomic E-state index is 0.0436. The Morgan fingerprint density at radius 1 is 1.06 bits per heavy atom. The molecule has 2 aromatic heterocycles. The highest BCUT2D eigenvalue weighted by molar-refractivity contribution is 5.82. The van der Waals surface area contributed by atoms with Crippen LogP contribution in [0.2, 0.25) is 0 Å². The van der Waals surface area contributed by atoms with E-state index in [4.69, 9.17) is 9.47 Å². The summed E-state index contributed by atoms with van der Waals surface area (Å²) in [6.07, 6.45) is 1.72. The zero-order valence-electron chi connectivity index (χ0n) is 18.3. The number of aromatic nitrogens is 5. The van der Waals surface area contributed by atoms with Gasteiger partial charge in [0.2, 0.25) is 5.95 Å². The molecule has 0 unspecified atom stereocenters. The number of carbonyl (C=O) groups is 2. The highest BCUT2D eigenvalue weighted by Gasteiger charge is 2.23. The summed E-state index contributed by atoms with van der Waals surface area (Å²) in [5.74, 6) is 0.456. The molecule has 2 N–H and O–H groups in total. The van der Waals surface area contributed by atoms with Crippen molar-refractivity contribution in [3.05, 3.63) is 60.2 Å². The Bertz CT molecular complexity index is 1050. The second kappa shape index (κ2) is 9.86. The van der Waals surface area contributed by atoms with Crippen LogP contribution in [0, 0.1) is 0 Å². The van der Waals surface area contributed by atoms with Crippen LogP contribution in [0.25, 0.3) is 5.95 Å². The quantitative estimate of drug-likeness (QED) is 0.597. The number of hydrogen-bond donors (Lipinski definition) is 2. The van der Waals surface area contributed by atoms with E-state index < -0.39 is 23.8 Å². The minimum Gasteiger partial charge on any atom is -0.444 e. The Hall–Kier alpha value is -4.02. The zero-order valence-corrected chi connectivity index (χ0v) is 18.3. The zero-order chi connectivity index (χ0) is 23.1. The first-order valence-electron chi connectivity index (χ1n) is 9.93. The molecule has 11 nitrogen and oxygen atoms in total. The molecule has 0 radical (unpaired) electrons. The highest BCUT2D eigenvalue weighted by atomic mass is 16.6. The maximum absolute atomic E-state index is 12.3. The lowest BCUT2D eigenvalue weighted by molar-refractivity contribution is 0.0505. The van der Waals surface area contributed by atoms with Gasteiger partial charge in [0.25, 0.3) is 5.95 Å². The second-order valence-electron chi connectivity index (χ2n) is 7.81. The maximum atomic E-state index is 12.3. The van der Waals surface area contributed by atoms with E-state index in [0.717, 1.165) is 5.56 Å². The molecule has 2 heterocycles. The average molecular weight is 439 g/mol. The van der Waals surface area contributed by atoms with Crippen molar-refractivity contribution in [3.63, 3.8) is 0 Å². The lowest BCUT2D eigenvalue weighted by atomic mass is 10.2. The summed E-state index contributed by atoms with van der Waals surface area (Å²) in [5, 5.41) is 9.55. The Labute approximate surface area is 185 Å². The van der Waals surface area contributed by atoms with Crippen LogP contribution < -0.4 is 10.6 Å². The molecule has 0 saturated carbocycles. The van der Waals surface area contributed by atoms with E-state index in [0.29, 0.717) is 0 Å². The van der Waals surface area contributed by atoms with Crippen LogP contribution >= 0.6 is 0 Å². The van der Waals surface area contributed by atoms with Gasteiger partial charge in [0.05, 0.1) is 6.04 Å². The molecule has 1 aromatic carbocycles. The number of nitrogens with zero attached hydrogens (tertiary/aromatic N) is 5. The average Bonchev–Trinajstić information content (AvgIpc) is 3.16. The Morgan fingerprint density at radius 2 is 1.75 bits per heavy atom. The fourth-order valence-corrected chi connectivity index (χ4v) is 2.53. The molecule has 11 heteroatoms. The van der Waals surface area contributed by atoms with E-state index in [1.165, 1.54) is 17.1 Å². The number of hydrogen-bond acceptors (Lipinski definition) is 8. The van der Waals surface area contributed by atoms with Crippen LogP contribution in [0.1, 0.15) is 45.1 Å². The normalized spacial score (nSPS) is 12.0. The van der Waals surface area contributed by atoms with Gasteiger partial charge in [0.1, 0.15) is 12.2 Å².